The Hall–Kier alpha value is -3.36. The number of benzene rings is 2. The molecule has 8 heteroatoms. The fourth-order valence-corrected chi connectivity index (χ4v) is 4.25. The molecule has 180 valence electrons. The van der Waals surface area contributed by atoms with E-state index in [0.29, 0.717) is 42.2 Å². The van der Waals surface area contributed by atoms with Gasteiger partial charge in [0, 0.05) is 57.8 Å². The van der Waals surface area contributed by atoms with Gasteiger partial charge in [0.1, 0.15) is 11.4 Å². The Bertz CT molecular complexity index is 1040. The van der Waals surface area contributed by atoms with E-state index < -0.39 is 0 Å². The second-order valence-electron chi connectivity index (χ2n) is 8.55. The predicted octanol–water partition coefficient (Wildman–Crippen LogP) is 2.68. The molecule has 0 radical (unpaired) electrons. The molecule has 0 saturated carbocycles. The normalized spacial score (nSPS) is 17.0. The lowest BCUT2D eigenvalue weighted by Gasteiger charge is -2.34. The molecule has 34 heavy (non-hydrogen) atoms. The first-order valence-corrected chi connectivity index (χ1v) is 11.6. The van der Waals surface area contributed by atoms with Crippen LogP contribution in [-0.4, -0.2) is 82.2 Å². The number of imide groups is 1. The quantitative estimate of drug-likeness (QED) is 0.452. The highest BCUT2D eigenvalue weighted by molar-refractivity contribution is 6.36. The number of piperazine rings is 1. The summed E-state index contributed by atoms with van der Waals surface area (Å²) in [5.41, 5.74) is 3.25. The summed E-state index contributed by atoms with van der Waals surface area (Å²) < 4.78 is 10.3. The standard InChI is InChI=1S/C26H32N4O4/c1-28-14-16-29(17-15-28)21-9-7-20(8-10-21)27-24-23(19-5-11-22(34-3)12-6-19)25(31)30(26(24)32)13-4-18-33-2/h5-12,27H,4,13-18H2,1-3H3. The molecule has 2 aromatic carbocycles. The van der Waals surface area contributed by atoms with Gasteiger partial charge in [-0.1, -0.05) is 12.1 Å². The Morgan fingerprint density at radius 1 is 0.882 bits per heavy atom. The summed E-state index contributed by atoms with van der Waals surface area (Å²) >= 11 is 0. The van der Waals surface area contributed by atoms with E-state index in [4.69, 9.17) is 9.47 Å². The third kappa shape index (κ3) is 5.08. The van der Waals surface area contributed by atoms with Gasteiger partial charge in [-0.25, -0.2) is 0 Å². The van der Waals surface area contributed by atoms with Gasteiger partial charge in [0.25, 0.3) is 11.8 Å². The van der Waals surface area contributed by atoms with Crippen molar-refractivity contribution in [2.24, 2.45) is 0 Å². The van der Waals surface area contributed by atoms with Crippen molar-refractivity contribution in [1.82, 2.24) is 9.80 Å². The molecule has 1 fully saturated rings. The van der Waals surface area contributed by atoms with Crippen LogP contribution in [0.1, 0.15) is 12.0 Å². The number of carbonyl (C=O) groups is 2. The fraction of sp³-hybridized carbons (Fsp3) is 0.385. The lowest BCUT2D eigenvalue weighted by Crippen LogP contribution is -2.44. The second-order valence-corrected chi connectivity index (χ2v) is 8.55. The third-order valence-corrected chi connectivity index (χ3v) is 6.28. The van der Waals surface area contributed by atoms with Gasteiger partial charge in [-0.2, -0.15) is 0 Å². The van der Waals surface area contributed by atoms with Gasteiger partial charge < -0.3 is 24.6 Å². The van der Waals surface area contributed by atoms with E-state index in [9.17, 15) is 9.59 Å². The van der Waals surface area contributed by atoms with E-state index in [2.05, 4.69) is 34.3 Å². The summed E-state index contributed by atoms with van der Waals surface area (Å²) in [5, 5.41) is 3.23. The Morgan fingerprint density at radius 3 is 2.18 bits per heavy atom. The Labute approximate surface area is 200 Å². The summed E-state index contributed by atoms with van der Waals surface area (Å²) in [6.45, 7) is 4.82. The summed E-state index contributed by atoms with van der Waals surface area (Å²) in [6.07, 6.45) is 0.580. The zero-order chi connectivity index (χ0) is 24.1. The third-order valence-electron chi connectivity index (χ3n) is 6.28. The van der Waals surface area contributed by atoms with Gasteiger partial charge in [0.2, 0.25) is 0 Å². The van der Waals surface area contributed by atoms with E-state index in [0.717, 1.165) is 37.6 Å². The molecule has 0 atom stereocenters. The zero-order valence-electron chi connectivity index (χ0n) is 20.0. The highest BCUT2D eigenvalue weighted by atomic mass is 16.5. The highest BCUT2D eigenvalue weighted by Crippen LogP contribution is 2.32. The van der Waals surface area contributed by atoms with Gasteiger partial charge in [0.05, 0.1) is 12.7 Å². The summed E-state index contributed by atoms with van der Waals surface area (Å²) in [6, 6.07) is 15.2. The first kappa shape index (κ1) is 23.8. The number of hydrogen-bond donors (Lipinski definition) is 1. The minimum atomic E-state index is -0.324. The van der Waals surface area contributed by atoms with Crippen molar-refractivity contribution >= 4 is 28.8 Å². The second kappa shape index (κ2) is 10.7. The predicted molar refractivity (Wildman–Crippen MR) is 133 cm³/mol. The molecule has 1 N–H and O–H groups in total. The van der Waals surface area contributed by atoms with E-state index in [1.54, 1.807) is 38.5 Å². The van der Waals surface area contributed by atoms with Gasteiger partial charge in [-0.05, 0) is 55.4 Å². The molecule has 0 spiro atoms. The molecule has 0 bridgehead atoms. The minimum absolute atomic E-state index is 0.292. The molecule has 2 aliphatic rings. The van der Waals surface area contributed by atoms with Crippen molar-refractivity contribution in [1.29, 1.82) is 0 Å². The number of methoxy groups -OCH3 is 2. The minimum Gasteiger partial charge on any atom is -0.497 e. The van der Waals surface area contributed by atoms with Crippen LogP contribution >= 0.6 is 0 Å². The molecule has 0 aliphatic carbocycles. The number of nitrogens with one attached hydrogen (secondary N) is 1. The number of rotatable bonds is 9. The number of amides is 2. The monoisotopic (exact) mass is 464 g/mol. The lowest BCUT2D eigenvalue weighted by atomic mass is 10.0. The van der Waals surface area contributed by atoms with Gasteiger partial charge in [0.15, 0.2) is 0 Å². The van der Waals surface area contributed by atoms with Crippen molar-refractivity contribution in [2.75, 3.05) is 70.8 Å². The van der Waals surface area contributed by atoms with Crippen molar-refractivity contribution in [3.8, 4) is 5.75 Å². The first-order chi connectivity index (χ1) is 16.5. The van der Waals surface area contributed by atoms with Crippen LogP contribution in [0.3, 0.4) is 0 Å². The SMILES string of the molecule is COCCCN1C(=O)C(Nc2ccc(N3CCN(C)CC3)cc2)=C(c2ccc(OC)cc2)C1=O. The molecule has 0 aromatic heterocycles. The van der Waals surface area contributed by atoms with Crippen LogP contribution in [0.15, 0.2) is 54.2 Å². The molecular formula is C26H32N4O4. The average molecular weight is 465 g/mol. The molecule has 4 rings (SSSR count). The highest BCUT2D eigenvalue weighted by Gasteiger charge is 2.38. The number of anilines is 2. The first-order valence-electron chi connectivity index (χ1n) is 11.6. The Morgan fingerprint density at radius 2 is 1.56 bits per heavy atom. The maximum absolute atomic E-state index is 13.3. The van der Waals surface area contributed by atoms with E-state index in [-0.39, 0.29) is 11.8 Å². The van der Waals surface area contributed by atoms with Gasteiger partial charge in [-0.15, -0.1) is 0 Å². The zero-order valence-corrected chi connectivity index (χ0v) is 20.0. The Balaban J connectivity index is 1.59. The number of likely N-dealkylation sites (N-methyl/N-ethyl adjacent to an activating group) is 1. The van der Waals surface area contributed by atoms with Crippen molar-refractivity contribution in [3.05, 3.63) is 59.8 Å². The van der Waals surface area contributed by atoms with E-state index in [1.165, 1.54) is 4.90 Å². The summed E-state index contributed by atoms with van der Waals surface area (Å²) in [4.78, 5) is 32.5. The summed E-state index contributed by atoms with van der Waals surface area (Å²) in [7, 11) is 5.33. The van der Waals surface area contributed by atoms with Crippen molar-refractivity contribution in [2.45, 2.75) is 6.42 Å². The van der Waals surface area contributed by atoms with Crippen LogP contribution in [0.4, 0.5) is 11.4 Å². The molecule has 2 aliphatic heterocycles. The topological polar surface area (TPSA) is 74.3 Å². The Kier molecular flexibility index (Phi) is 7.49. The maximum atomic E-state index is 13.3. The van der Waals surface area contributed by atoms with Crippen molar-refractivity contribution < 1.29 is 19.1 Å². The maximum Gasteiger partial charge on any atom is 0.278 e. The number of ether oxygens (including phenoxy) is 2. The van der Waals surface area contributed by atoms with E-state index in [1.807, 2.05) is 12.1 Å². The molecule has 8 nitrogen and oxygen atoms in total. The molecule has 1 saturated heterocycles. The van der Waals surface area contributed by atoms with E-state index >= 15 is 0 Å². The van der Waals surface area contributed by atoms with Gasteiger partial charge in [-0.3, -0.25) is 14.5 Å². The smallest absolute Gasteiger partial charge is 0.278 e. The van der Waals surface area contributed by atoms with Gasteiger partial charge >= 0.3 is 0 Å². The number of hydrogen-bond acceptors (Lipinski definition) is 7. The van der Waals surface area contributed by atoms with Crippen LogP contribution in [0.5, 0.6) is 5.75 Å². The van der Waals surface area contributed by atoms with Crippen molar-refractivity contribution in [3.63, 3.8) is 0 Å². The van der Waals surface area contributed by atoms with Crippen LogP contribution in [0.2, 0.25) is 0 Å². The number of carbonyl (C=O) groups excluding carboxylic acids is 2. The molecule has 2 aromatic rings. The largest absolute Gasteiger partial charge is 0.497 e. The molecule has 0 unspecified atom stereocenters. The molecule has 2 amide bonds. The number of nitrogens with zero attached hydrogens (tertiary/aromatic N) is 3. The van der Waals surface area contributed by atoms with Crippen LogP contribution in [0, 0.1) is 0 Å². The van der Waals surface area contributed by atoms with Crippen LogP contribution < -0.4 is 15.0 Å². The average Bonchev–Trinajstić information content (AvgIpc) is 3.09. The summed E-state index contributed by atoms with van der Waals surface area (Å²) in [5.74, 6) is 0.0602. The van der Waals surface area contributed by atoms with Crippen LogP contribution in [-0.2, 0) is 14.3 Å². The molecule has 2 heterocycles. The lowest BCUT2D eigenvalue weighted by molar-refractivity contribution is -0.136. The fourth-order valence-electron chi connectivity index (χ4n) is 4.25. The van der Waals surface area contributed by atoms with Crippen LogP contribution in [0.25, 0.3) is 5.57 Å². The molecular weight excluding hydrogens is 432 g/mol.